The molecule has 0 atom stereocenters. The summed E-state index contributed by atoms with van der Waals surface area (Å²) in [5.74, 6) is -0.139. The number of nitrogens with one attached hydrogen (secondary N) is 1. The molecule has 5 nitrogen and oxygen atoms in total. The topological polar surface area (TPSA) is 66.5 Å². The Hall–Kier alpha value is -1.86. The second-order valence-electron chi connectivity index (χ2n) is 5.98. The Morgan fingerprint density at radius 2 is 2.08 bits per heavy atom. The van der Waals surface area contributed by atoms with Crippen molar-refractivity contribution in [2.75, 3.05) is 17.1 Å². The van der Waals surface area contributed by atoms with Gasteiger partial charge in [0.1, 0.15) is 0 Å². The number of hydrogen-bond donors (Lipinski definition) is 1. The van der Waals surface area contributed by atoms with Crippen LogP contribution in [0.2, 0.25) is 0 Å². The molecule has 1 aliphatic rings. The molecule has 0 aliphatic carbocycles. The third-order valence-electron chi connectivity index (χ3n) is 4.04. The molecule has 0 fully saturated rings. The van der Waals surface area contributed by atoms with Gasteiger partial charge in [0.15, 0.2) is 0 Å². The Labute approximate surface area is 146 Å². The summed E-state index contributed by atoms with van der Waals surface area (Å²) in [6.45, 7) is 3.03. The number of rotatable bonds is 4. The number of thiophene rings is 1. The third-order valence-corrected chi connectivity index (χ3v) is 6.22. The zero-order chi connectivity index (χ0) is 17.3. The number of hydrogen-bond acceptors (Lipinski definition) is 4. The van der Waals surface area contributed by atoms with Gasteiger partial charge in [0.05, 0.1) is 18.5 Å². The van der Waals surface area contributed by atoms with Gasteiger partial charge in [0, 0.05) is 21.9 Å². The highest BCUT2D eigenvalue weighted by molar-refractivity contribution is 7.92. The zero-order valence-corrected chi connectivity index (χ0v) is 15.3. The minimum atomic E-state index is -3.28. The van der Waals surface area contributed by atoms with E-state index in [1.54, 1.807) is 23.5 Å². The Bertz CT molecular complexity index is 872. The molecule has 1 aliphatic heterocycles. The summed E-state index contributed by atoms with van der Waals surface area (Å²) < 4.78 is 25.2. The first-order valence-electron chi connectivity index (χ1n) is 7.79. The molecule has 2 heterocycles. The lowest BCUT2D eigenvalue weighted by molar-refractivity contribution is 0.0951. The normalized spacial score (nSPS) is 14.3. The summed E-state index contributed by atoms with van der Waals surface area (Å²) in [4.78, 5) is 14.7. The van der Waals surface area contributed by atoms with E-state index in [-0.39, 0.29) is 5.91 Å². The van der Waals surface area contributed by atoms with Crippen LogP contribution in [0.25, 0.3) is 0 Å². The average molecular weight is 364 g/mol. The number of fused-ring (bicyclic) bond motifs is 1. The summed E-state index contributed by atoms with van der Waals surface area (Å²) in [6.07, 6.45) is 2.76. The number of aryl methyl sites for hydroxylation is 2. The quantitative estimate of drug-likeness (QED) is 0.907. The molecule has 3 rings (SSSR count). The number of sulfonamides is 1. The van der Waals surface area contributed by atoms with Crippen molar-refractivity contribution in [3.8, 4) is 0 Å². The van der Waals surface area contributed by atoms with E-state index in [9.17, 15) is 13.2 Å². The summed E-state index contributed by atoms with van der Waals surface area (Å²) in [5, 5.41) is 2.92. The van der Waals surface area contributed by atoms with Crippen molar-refractivity contribution in [1.82, 2.24) is 5.32 Å². The van der Waals surface area contributed by atoms with Crippen LogP contribution >= 0.6 is 11.3 Å². The fourth-order valence-electron chi connectivity index (χ4n) is 2.90. The lowest BCUT2D eigenvalue weighted by Gasteiger charge is -2.29. The van der Waals surface area contributed by atoms with E-state index in [1.165, 1.54) is 15.4 Å². The van der Waals surface area contributed by atoms with Gasteiger partial charge in [-0.2, -0.15) is 0 Å². The van der Waals surface area contributed by atoms with Crippen LogP contribution in [0.4, 0.5) is 5.69 Å². The molecule has 0 unspecified atom stereocenters. The molecule has 0 bridgehead atoms. The van der Waals surface area contributed by atoms with E-state index in [4.69, 9.17) is 0 Å². The molecule has 1 amide bonds. The molecule has 1 N–H and O–H groups in total. The second kappa shape index (κ2) is 6.57. The number of carbonyl (C=O) groups is 1. The molecule has 2 aromatic rings. The highest BCUT2D eigenvalue weighted by atomic mass is 32.2. The molecule has 0 saturated carbocycles. The lowest BCUT2D eigenvalue weighted by atomic mass is 10.0. The fraction of sp³-hybridized carbons (Fsp3) is 0.353. The fourth-order valence-corrected chi connectivity index (χ4v) is 4.72. The highest BCUT2D eigenvalue weighted by Crippen LogP contribution is 2.29. The van der Waals surface area contributed by atoms with E-state index in [1.807, 2.05) is 25.1 Å². The molecule has 0 radical (unpaired) electrons. The van der Waals surface area contributed by atoms with Gasteiger partial charge in [-0.1, -0.05) is 0 Å². The largest absolute Gasteiger partial charge is 0.347 e. The molecular weight excluding hydrogens is 344 g/mol. The van der Waals surface area contributed by atoms with Crippen molar-refractivity contribution < 1.29 is 13.2 Å². The molecule has 128 valence electrons. The van der Waals surface area contributed by atoms with Crippen LogP contribution in [0.3, 0.4) is 0 Å². The van der Waals surface area contributed by atoms with Gasteiger partial charge in [-0.25, -0.2) is 8.42 Å². The molecule has 1 aromatic heterocycles. The molecule has 24 heavy (non-hydrogen) atoms. The van der Waals surface area contributed by atoms with Gasteiger partial charge in [0.2, 0.25) is 10.0 Å². The predicted molar refractivity (Wildman–Crippen MR) is 97.2 cm³/mol. The van der Waals surface area contributed by atoms with E-state index in [0.29, 0.717) is 24.3 Å². The SMILES string of the molecule is Cc1ccc(CNC(=O)c2ccc3c(c2)CCCN3S(C)(=O)=O)s1. The van der Waals surface area contributed by atoms with Crippen molar-refractivity contribution in [2.24, 2.45) is 0 Å². The van der Waals surface area contributed by atoms with Crippen LogP contribution in [0.15, 0.2) is 30.3 Å². The maximum atomic E-state index is 12.4. The molecular formula is C17H20N2O3S2. The maximum absolute atomic E-state index is 12.4. The minimum absolute atomic E-state index is 0.139. The Morgan fingerprint density at radius 1 is 1.29 bits per heavy atom. The van der Waals surface area contributed by atoms with E-state index in [0.717, 1.165) is 23.3 Å². The first-order valence-corrected chi connectivity index (χ1v) is 10.5. The predicted octanol–water partition coefficient (Wildman–Crippen LogP) is 2.70. The van der Waals surface area contributed by atoms with Crippen LogP contribution in [0.5, 0.6) is 0 Å². The Morgan fingerprint density at radius 3 is 2.75 bits per heavy atom. The smallest absolute Gasteiger partial charge is 0.251 e. The molecule has 7 heteroatoms. The van der Waals surface area contributed by atoms with Crippen LogP contribution in [0.1, 0.15) is 32.1 Å². The number of carbonyl (C=O) groups excluding carboxylic acids is 1. The van der Waals surface area contributed by atoms with E-state index in [2.05, 4.69) is 5.32 Å². The number of nitrogens with zero attached hydrogens (tertiary/aromatic N) is 1. The third kappa shape index (κ3) is 3.62. The molecule has 1 aromatic carbocycles. The van der Waals surface area contributed by atoms with Crippen LogP contribution < -0.4 is 9.62 Å². The summed E-state index contributed by atoms with van der Waals surface area (Å²) in [6, 6.07) is 9.28. The number of amides is 1. The van der Waals surface area contributed by atoms with Crippen LogP contribution in [-0.2, 0) is 23.0 Å². The molecule has 0 spiro atoms. The first kappa shape index (κ1) is 17.0. The average Bonchev–Trinajstić information content (AvgIpc) is 2.96. The summed E-state index contributed by atoms with van der Waals surface area (Å²) in [7, 11) is -3.28. The summed E-state index contributed by atoms with van der Waals surface area (Å²) >= 11 is 1.66. The van der Waals surface area contributed by atoms with Crippen molar-refractivity contribution in [1.29, 1.82) is 0 Å². The minimum Gasteiger partial charge on any atom is -0.347 e. The zero-order valence-electron chi connectivity index (χ0n) is 13.7. The number of anilines is 1. The first-order chi connectivity index (χ1) is 11.3. The lowest BCUT2D eigenvalue weighted by Crippen LogP contribution is -2.34. The van der Waals surface area contributed by atoms with Crippen molar-refractivity contribution in [3.63, 3.8) is 0 Å². The Kier molecular flexibility index (Phi) is 4.64. The monoisotopic (exact) mass is 364 g/mol. The van der Waals surface area contributed by atoms with E-state index < -0.39 is 10.0 Å². The van der Waals surface area contributed by atoms with E-state index >= 15 is 0 Å². The second-order valence-corrected chi connectivity index (χ2v) is 9.26. The van der Waals surface area contributed by atoms with Gasteiger partial charge in [0.25, 0.3) is 5.91 Å². The van der Waals surface area contributed by atoms with Gasteiger partial charge in [-0.15, -0.1) is 11.3 Å². The van der Waals surface area contributed by atoms with Crippen molar-refractivity contribution in [3.05, 3.63) is 51.2 Å². The van der Waals surface area contributed by atoms with Crippen LogP contribution in [0, 0.1) is 6.92 Å². The Balaban J connectivity index is 1.77. The molecule has 0 saturated heterocycles. The van der Waals surface area contributed by atoms with Gasteiger partial charge < -0.3 is 5.32 Å². The van der Waals surface area contributed by atoms with Gasteiger partial charge in [-0.3, -0.25) is 9.10 Å². The standard InChI is InChI=1S/C17H20N2O3S2/c1-12-5-7-15(23-12)11-18-17(20)14-6-8-16-13(10-14)4-3-9-19(16)24(2,21)22/h5-8,10H,3-4,9,11H2,1-2H3,(H,18,20). The van der Waals surface area contributed by atoms with Crippen molar-refractivity contribution in [2.45, 2.75) is 26.3 Å². The summed E-state index contributed by atoms with van der Waals surface area (Å²) in [5.41, 5.74) is 2.16. The van der Waals surface area contributed by atoms with Gasteiger partial charge in [-0.05, 0) is 55.7 Å². The number of benzene rings is 1. The highest BCUT2D eigenvalue weighted by Gasteiger charge is 2.24. The maximum Gasteiger partial charge on any atom is 0.251 e. The van der Waals surface area contributed by atoms with Crippen LogP contribution in [-0.4, -0.2) is 27.1 Å². The van der Waals surface area contributed by atoms with Crippen molar-refractivity contribution >= 4 is 33.0 Å². The van der Waals surface area contributed by atoms with Gasteiger partial charge >= 0.3 is 0 Å².